The summed E-state index contributed by atoms with van der Waals surface area (Å²) in [5.74, 6) is -3.64. The summed E-state index contributed by atoms with van der Waals surface area (Å²) >= 11 is 0. The van der Waals surface area contributed by atoms with E-state index >= 15 is 0 Å². The molecule has 0 bridgehead atoms. The lowest BCUT2D eigenvalue weighted by atomic mass is 9.94. The van der Waals surface area contributed by atoms with Crippen LogP contribution in [0.5, 0.6) is 0 Å². The molecule has 0 aromatic rings. The summed E-state index contributed by atoms with van der Waals surface area (Å²) in [6, 6.07) is 0. The molecule has 0 aromatic carbocycles. The Labute approximate surface area is 124 Å². The normalized spacial score (nSPS) is 16.6. The number of carbonyl (C=O) groups excluding carboxylic acids is 1. The van der Waals surface area contributed by atoms with Gasteiger partial charge >= 0.3 is 17.9 Å². The molecule has 0 amide bonds. The summed E-state index contributed by atoms with van der Waals surface area (Å²) in [6.45, 7) is 5.57. The quantitative estimate of drug-likeness (QED) is 0.592. The molecule has 0 aliphatic carbocycles. The maximum Gasteiger partial charge on any atom is 0.337 e. The number of hydrogen-bond donors (Lipinski definition) is 2. The first kappa shape index (κ1) is 19.4. The molecule has 0 aliphatic rings. The van der Waals surface area contributed by atoms with E-state index in [0.29, 0.717) is 12.8 Å². The van der Waals surface area contributed by atoms with Crippen molar-refractivity contribution in [2.45, 2.75) is 64.1 Å². The molecule has 7 heteroatoms. The van der Waals surface area contributed by atoms with Gasteiger partial charge in [-0.25, -0.2) is 4.79 Å². The molecule has 122 valence electrons. The fourth-order valence-electron chi connectivity index (χ4n) is 2.06. The number of hydrogen-bond acceptors (Lipinski definition) is 5. The summed E-state index contributed by atoms with van der Waals surface area (Å²) in [6.07, 6.45) is 0.565. The molecule has 0 spiro atoms. The van der Waals surface area contributed by atoms with Crippen LogP contribution in [0.25, 0.3) is 0 Å². The van der Waals surface area contributed by atoms with Crippen molar-refractivity contribution in [3.8, 4) is 0 Å². The third kappa shape index (κ3) is 5.71. The van der Waals surface area contributed by atoms with Crippen LogP contribution in [-0.4, -0.2) is 46.4 Å². The van der Waals surface area contributed by atoms with Crippen molar-refractivity contribution >= 4 is 17.9 Å². The molecule has 0 aromatic heterocycles. The topological polar surface area (TPSA) is 110 Å². The Morgan fingerprint density at radius 2 is 1.67 bits per heavy atom. The predicted octanol–water partition coefficient (Wildman–Crippen LogP) is 1.83. The second kappa shape index (κ2) is 7.97. The van der Waals surface area contributed by atoms with Crippen LogP contribution in [0, 0.1) is 0 Å². The van der Waals surface area contributed by atoms with Gasteiger partial charge in [0.2, 0.25) is 0 Å². The van der Waals surface area contributed by atoms with Crippen LogP contribution < -0.4 is 0 Å². The van der Waals surface area contributed by atoms with Gasteiger partial charge in [0.05, 0.1) is 12.8 Å². The number of methoxy groups -OCH3 is 1. The van der Waals surface area contributed by atoms with E-state index in [2.05, 4.69) is 0 Å². The fraction of sp³-hybridized carbons (Fsp3) is 0.786. The number of esters is 1. The van der Waals surface area contributed by atoms with Crippen LogP contribution in [0.3, 0.4) is 0 Å². The van der Waals surface area contributed by atoms with Crippen molar-refractivity contribution in [1.29, 1.82) is 0 Å². The van der Waals surface area contributed by atoms with E-state index in [4.69, 9.17) is 14.6 Å². The lowest BCUT2D eigenvalue weighted by molar-refractivity contribution is -0.181. The lowest BCUT2D eigenvalue weighted by Crippen LogP contribution is -2.46. The Balaban J connectivity index is 5.05. The standard InChI is InChI=1S/C14H24O7/c1-5-7-13(3,6-2)21-11(17)9-14(20-4,12(18)19)8-10(15)16/h5-9H2,1-4H3,(H,15,16)(H,18,19). The second-order valence-electron chi connectivity index (χ2n) is 5.28. The van der Waals surface area contributed by atoms with E-state index in [1.165, 1.54) is 0 Å². The number of carboxylic acids is 2. The van der Waals surface area contributed by atoms with Crippen molar-refractivity contribution in [2.24, 2.45) is 0 Å². The van der Waals surface area contributed by atoms with Crippen LogP contribution in [0.1, 0.15) is 52.9 Å². The zero-order valence-electron chi connectivity index (χ0n) is 13.0. The van der Waals surface area contributed by atoms with E-state index < -0.39 is 42.0 Å². The van der Waals surface area contributed by atoms with E-state index in [1.54, 1.807) is 6.92 Å². The first-order valence-electron chi connectivity index (χ1n) is 6.87. The van der Waals surface area contributed by atoms with Gasteiger partial charge in [0.25, 0.3) is 0 Å². The highest BCUT2D eigenvalue weighted by molar-refractivity contribution is 5.89. The van der Waals surface area contributed by atoms with Gasteiger partial charge in [0.15, 0.2) is 5.60 Å². The average molecular weight is 304 g/mol. The summed E-state index contributed by atoms with van der Waals surface area (Å²) < 4.78 is 10.1. The summed E-state index contributed by atoms with van der Waals surface area (Å²) in [5, 5.41) is 18.0. The summed E-state index contributed by atoms with van der Waals surface area (Å²) in [5.41, 5.74) is -2.79. The van der Waals surface area contributed by atoms with Crippen molar-refractivity contribution < 1.29 is 34.1 Å². The maximum atomic E-state index is 12.0. The monoisotopic (exact) mass is 304 g/mol. The Kier molecular flexibility index (Phi) is 7.35. The number of carbonyl (C=O) groups is 3. The van der Waals surface area contributed by atoms with Gasteiger partial charge < -0.3 is 19.7 Å². The third-order valence-corrected chi connectivity index (χ3v) is 3.53. The number of aliphatic carboxylic acids is 2. The van der Waals surface area contributed by atoms with Crippen molar-refractivity contribution in [3.63, 3.8) is 0 Å². The lowest BCUT2D eigenvalue weighted by Gasteiger charge is -2.31. The van der Waals surface area contributed by atoms with Crippen LogP contribution in [-0.2, 0) is 23.9 Å². The number of carboxylic acid groups (broad SMARTS) is 2. The minimum atomic E-state index is -2.11. The van der Waals surface area contributed by atoms with Gasteiger partial charge in [-0.1, -0.05) is 20.3 Å². The zero-order valence-corrected chi connectivity index (χ0v) is 13.0. The van der Waals surface area contributed by atoms with Gasteiger partial charge in [-0.05, 0) is 19.8 Å². The minimum Gasteiger partial charge on any atom is -0.481 e. The molecule has 2 N–H and O–H groups in total. The van der Waals surface area contributed by atoms with Gasteiger partial charge in [0, 0.05) is 7.11 Å². The van der Waals surface area contributed by atoms with Crippen LogP contribution in [0.4, 0.5) is 0 Å². The first-order chi connectivity index (χ1) is 9.64. The summed E-state index contributed by atoms with van der Waals surface area (Å²) in [7, 11) is 1.06. The van der Waals surface area contributed by atoms with E-state index in [-0.39, 0.29) is 0 Å². The molecular formula is C14H24O7. The van der Waals surface area contributed by atoms with Crippen LogP contribution in [0.15, 0.2) is 0 Å². The maximum absolute atomic E-state index is 12.0. The largest absolute Gasteiger partial charge is 0.481 e. The molecule has 7 nitrogen and oxygen atoms in total. The van der Waals surface area contributed by atoms with E-state index in [1.807, 2.05) is 13.8 Å². The highest BCUT2D eigenvalue weighted by atomic mass is 16.6. The van der Waals surface area contributed by atoms with Crippen LogP contribution in [0.2, 0.25) is 0 Å². The number of ether oxygens (including phenoxy) is 2. The first-order valence-corrected chi connectivity index (χ1v) is 6.87. The molecule has 21 heavy (non-hydrogen) atoms. The zero-order chi connectivity index (χ0) is 16.7. The smallest absolute Gasteiger partial charge is 0.337 e. The van der Waals surface area contributed by atoms with Gasteiger partial charge in [-0.3, -0.25) is 9.59 Å². The number of rotatable bonds is 10. The predicted molar refractivity (Wildman–Crippen MR) is 73.9 cm³/mol. The van der Waals surface area contributed by atoms with Crippen LogP contribution >= 0.6 is 0 Å². The van der Waals surface area contributed by atoms with Crippen molar-refractivity contribution in [3.05, 3.63) is 0 Å². The fourth-order valence-corrected chi connectivity index (χ4v) is 2.06. The minimum absolute atomic E-state index is 0.582. The molecule has 0 heterocycles. The van der Waals surface area contributed by atoms with E-state index in [0.717, 1.165) is 13.5 Å². The van der Waals surface area contributed by atoms with Crippen molar-refractivity contribution in [2.75, 3.05) is 7.11 Å². The SMILES string of the molecule is CCCC(C)(CC)OC(=O)CC(CC(=O)O)(OC)C(=O)O. The van der Waals surface area contributed by atoms with Crippen molar-refractivity contribution in [1.82, 2.24) is 0 Å². The molecular weight excluding hydrogens is 280 g/mol. The van der Waals surface area contributed by atoms with Gasteiger partial charge in [0.1, 0.15) is 5.60 Å². The molecule has 0 saturated carbocycles. The third-order valence-electron chi connectivity index (χ3n) is 3.53. The molecule has 2 atom stereocenters. The molecule has 2 unspecified atom stereocenters. The highest BCUT2D eigenvalue weighted by Crippen LogP contribution is 2.26. The Morgan fingerprint density at radius 3 is 2.00 bits per heavy atom. The highest BCUT2D eigenvalue weighted by Gasteiger charge is 2.44. The molecule has 0 aliphatic heterocycles. The second-order valence-corrected chi connectivity index (χ2v) is 5.28. The molecule has 0 fully saturated rings. The van der Waals surface area contributed by atoms with E-state index in [9.17, 15) is 19.5 Å². The van der Waals surface area contributed by atoms with Gasteiger partial charge in [-0.15, -0.1) is 0 Å². The Bertz CT molecular complexity index is 393. The molecule has 0 radical (unpaired) electrons. The Morgan fingerprint density at radius 1 is 1.10 bits per heavy atom. The Hall–Kier alpha value is -1.63. The average Bonchev–Trinajstić information content (AvgIpc) is 2.37. The molecule has 0 rings (SSSR count). The molecule has 0 saturated heterocycles. The summed E-state index contributed by atoms with van der Waals surface area (Å²) in [4.78, 5) is 34.1. The van der Waals surface area contributed by atoms with Gasteiger partial charge in [-0.2, -0.15) is 0 Å².